The number of carbonyl (C=O) groups excluding carboxylic acids is 1. The minimum atomic E-state index is -0.316. The monoisotopic (exact) mass is 377 g/mol. The molecule has 2 heterocycles. The molecule has 2 aromatic carbocycles. The Morgan fingerprint density at radius 1 is 1.18 bits per heavy atom. The van der Waals surface area contributed by atoms with Gasteiger partial charge in [-0.1, -0.05) is 5.21 Å². The van der Waals surface area contributed by atoms with Crippen LogP contribution >= 0.6 is 0 Å². The summed E-state index contributed by atoms with van der Waals surface area (Å²) in [6.07, 6.45) is 1.79. The molecule has 0 saturated carbocycles. The van der Waals surface area contributed by atoms with Gasteiger partial charge < -0.3 is 9.64 Å². The number of benzene rings is 2. The SMILES string of the molecule is N#Cc1ccc(C(=O)N2CC(n3cc(COc4ccc(F)cc4)nn3)C2)cc1. The second-order valence-corrected chi connectivity index (χ2v) is 6.49. The van der Waals surface area contributed by atoms with Crippen LogP contribution in [0.1, 0.15) is 27.7 Å². The highest BCUT2D eigenvalue weighted by atomic mass is 19.1. The van der Waals surface area contributed by atoms with E-state index in [1.807, 2.05) is 6.07 Å². The molecule has 3 aromatic rings. The normalized spacial score (nSPS) is 13.6. The minimum absolute atomic E-state index is 0.0643. The Kier molecular flexibility index (Phi) is 4.72. The Morgan fingerprint density at radius 2 is 1.89 bits per heavy atom. The number of rotatable bonds is 5. The van der Waals surface area contributed by atoms with Crippen LogP contribution in [0.5, 0.6) is 5.75 Å². The molecule has 1 aliphatic heterocycles. The zero-order chi connectivity index (χ0) is 19.5. The highest BCUT2D eigenvalue weighted by Gasteiger charge is 2.33. The molecule has 4 rings (SSSR count). The van der Waals surface area contributed by atoms with Crippen molar-refractivity contribution in [2.24, 2.45) is 0 Å². The van der Waals surface area contributed by atoms with Gasteiger partial charge in [0.1, 0.15) is 23.9 Å². The average Bonchev–Trinajstić information content (AvgIpc) is 3.15. The molecule has 1 fully saturated rings. The third-order valence-corrected chi connectivity index (χ3v) is 4.54. The summed E-state index contributed by atoms with van der Waals surface area (Å²) in [5.74, 6) is 0.169. The van der Waals surface area contributed by atoms with Gasteiger partial charge in [-0.05, 0) is 48.5 Å². The first-order valence-electron chi connectivity index (χ1n) is 8.71. The smallest absolute Gasteiger partial charge is 0.254 e. The number of nitriles is 1. The molecular formula is C20H16FN5O2. The van der Waals surface area contributed by atoms with Crippen LogP contribution in [0.25, 0.3) is 0 Å². The molecule has 0 atom stereocenters. The van der Waals surface area contributed by atoms with Crippen LogP contribution < -0.4 is 4.74 Å². The molecule has 0 unspecified atom stereocenters. The summed E-state index contributed by atoms with van der Waals surface area (Å²) in [5.41, 5.74) is 1.74. The van der Waals surface area contributed by atoms with Crippen molar-refractivity contribution in [3.8, 4) is 11.8 Å². The van der Waals surface area contributed by atoms with Gasteiger partial charge in [0, 0.05) is 18.7 Å². The van der Waals surface area contributed by atoms with E-state index in [4.69, 9.17) is 10.00 Å². The quantitative estimate of drug-likeness (QED) is 0.682. The van der Waals surface area contributed by atoms with Crippen LogP contribution in [-0.2, 0) is 6.61 Å². The van der Waals surface area contributed by atoms with E-state index in [1.165, 1.54) is 12.1 Å². The summed E-state index contributed by atoms with van der Waals surface area (Å²) in [6, 6.07) is 14.5. The highest BCUT2D eigenvalue weighted by Crippen LogP contribution is 2.23. The van der Waals surface area contributed by atoms with E-state index in [9.17, 15) is 9.18 Å². The highest BCUT2D eigenvalue weighted by molar-refractivity contribution is 5.94. The first-order valence-corrected chi connectivity index (χ1v) is 8.71. The molecule has 1 aromatic heterocycles. The van der Waals surface area contributed by atoms with Crippen LogP contribution in [0.15, 0.2) is 54.7 Å². The molecule has 0 aliphatic carbocycles. The summed E-state index contributed by atoms with van der Waals surface area (Å²) in [5, 5.41) is 17.0. The van der Waals surface area contributed by atoms with Crippen molar-refractivity contribution in [2.75, 3.05) is 13.1 Å². The van der Waals surface area contributed by atoms with Crippen molar-refractivity contribution in [1.29, 1.82) is 5.26 Å². The first kappa shape index (κ1) is 17.7. The van der Waals surface area contributed by atoms with Crippen molar-refractivity contribution in [3.05, 3.63) is 77.4 Å². The predicted octanol–water partition coefficient (Wildman–Crippen LogP) is 2.56. The molecule has 0 bridgehead atoms. The standard InChI is InChI=1S/C20H16FN5O2/c21-16-5-7-19(8-6-16)28-13-17-10-26(24-23-17)18-11-25(12-18)20(27)15-3-1-14(9-22)2-4-15/h1-8,10,18H,11-13H2. The van der Waals surface area contributed by atoms with Gasteiger partial charge >= 0.3 is 0 Å². The third-order valence-electron chi connectivity index (χ3n) is 4.54. The van der Waals surface area contributed by atoms with E-state index in [0.29, 0.717) is 35.7 Å². The summed E-state index contributed by atoms with van der Waals surface area (Å²) in [4.78, 5) is 14.2. The van der Waals surface area contributed by atoms with Gasteiger partial charge in [0.05, 0.1) is 23.9 Å². The molecular weight excluding hydrogens is 361 g/mol. The Balaban J connectivity index is 1.30. The maximum absolute atomic E-state index is 12.9. The lowest BCUT2D eigenvalue weighted by molar-refractivity contribution is 0.0498. The number of amides is 1. The molecule has 1 aliphatic rings. The molecule has 0 N–H and O–H groups in total. The van der Waals surface area contributed by atoms with Crippen LogP contribution in [0.2, 0.25) is 0 Å². The molecule has 140 valence electrons. The van der Waals surface area contributed by atoms with E-state index in [0.717, 1.165) is 0 Å². The van der Waals surface area contributed by atoms with Crippen molar-refractivity contribution >= 4 is 5.91 Å². The van der Waals surface area contributed by atoms with Crippen LogP contribution in [-0.4, -0.2) is 38.9 Å². The van der Waals surface area contributed by atoms with E-state index in [1.54, 1.807) is 52.2 Å². The van der Waals surface area contributed by atoms with Gasteiger partial charge in [-0.2, -0.15) is 5.26 Å². The van der Waals surface area contributed by atoms with Crippen molar-refractivity contribution in [1.82, 2.24) is 19.9 Å². The van der Waals surface area contributed by atoms with Gasteiger partial charge in [0.2, 0.25) is 0 Å². The van der Waals surface area contributed by atoms with Crippen LogP contribution in [0.4, 0.5) is 4.39 Å². The summed E-state index contributed by atoms with van der Waals surface area (Å²) in [7, 11) is 0. The second-order valence-electron chi connectivity index (χ2n) is 6.49. The molecule has 0 spiro atoms. The molecule has 7 nitrogen and oxygen atoms in total. The number of hydrogen-bond acceptors (Lipinski definition) is 5. The van der Waals surface area contributed by atoms with E-state index in [-0.39, 0.29) is 24.4 Å². The van der Waals surface area contributed by atoms with Crippen LogP contribution in [0.3, 0.4) is 0 Å². The maximum Gasteiger partial charge on any atom is 0.254 e. The molecule has 1 saturated heterocycles. The maximum atomic E-state index is 12.9. The number of nitrogens with zero attached hydrogens (tertiary/aromatic N) is 5. The van der Waals surface area contributed by atoms with Gasteiger partial charge in [-0.3, -0.25) is 4.79 Å². The van der Waals surface area contributed by atoms with Gasteiger partial charge in [-0.15, -0.1) is 5.10 Å². The number of ether oxygens (including phenoxy) is 1. The fraction of sp³-hybridized carbons (Fsp3) is 0.200. The Labute approximate surface area is 160 Å². The molecule has 8 heteroatoms. The van der Waals surface area contributed by atoms with Crippen molar-refractivity contribution < 1.29 is 13.9 Å². The molecule has 1 amide bonds. The number of likely N-dealkylation sites (tertiary alicyclic amines) is 1. The van der Waals surface area contributed by atoms with E-state index < -0.39 is 0 Å². The summed E-state index contributed by atoms with van der Waals surface area (Å²) >= 11 is 0. The van der Waals surface area contributed by atoms with E-state index >= 15 is 0 Å². The van der Waals surface area contributed by atoms with Gasteiger partial charge in [0.25, 0.3) is 5.91 Å². The lowest BCUT2D eigenvalue weighted by atomic mass is 10.1. The Bertz CT molecular complexity index is 1020. The lowest BCUT2D eigenvalue weighted by Crippen LogP contribution is -2.50. The van der Waals surface area contributed by atoms with Crippen LogP contribution in [0, 0.1) is 17.1 Å². The zero-order valence-electron chi connectivity index (χ0n) is 14.8. The average molecular weight is 377 g/mol. The van der Waals surface area contributed by atoms with Crippen molar-refractivity contribution in [2.45, 2.75) is 12.6 Å². The number of hydrogen-bond donors (Lipinski definition) is 0. The minimum Gasteiger partial charge on any atom is -0.487 e. The predicted molar refractivity (Wildman–Crippen MR) is 96.9 cm³/mol. The number of halogens is 1. The Hall–Kier alpha value is -3.73. The van der Waals surface area contributed by atoms with Gasteiger partial charge in [0.15, 0.2) is 0 Å². The molecule has 0 radical (unpaired) electrons. The second kappa shape index (κ2) is 7.48. The number of carbonyl (C=O) groups is 1. The summed E-state index contributed by atoms with van der Waals surface area (Å²) in [6.45, 7) is 1.31. The fourth-order valence-electron chi connectivity index (χ4n) is 2.90. The third kappa shape index (κ3) is 3.69. The van der Waals surface area contributed by atoms with Crippen molar-refractivity contribution in [3.63, 3.8) is 0 Å². The van der Waals surface area contributed by atoms with Gasteiger partial charge in [-0.25, -0.2) is 9.07 Å². The fourth-order valence-corrected chi connectivity index (χ4v) is 2.90. The lowest BCUT2D eigenvalue weighted by Gasteiger charge is -2.38. The summed E-state index contributed by atoms with van der Waals surface area (Å²) < 4.78 is 20.2. The first-order chi connectivity index (χ1) is 13.6. The topological polar surface area (TPSA) is 84.0 Å². The molecule has 28 heavy (non-hydrogen) atoms. The zero-order valence-corrected chi connectivity index (χ0v) is 14.8. The largest absolute Gasteiger partial charge is 0.487 e. The Morgan fingerprint density at radius 3 is 2.57 bits per heavy atom. The number of aromatic nitrogens is 3. The van der Waals surface area contributed by atoms with E-state index in [2.05, 4.69) is 10.3 Å².